The van der Waals surface area contributed by atoms with Crippen LogP contribution < -0.4 is 0 Å². The van der Waals surface area contributed by atoms with Gasteiger partial charge in [-0.05, 0) is 37.0 Å². The lowest BCUT2D eigenvalue weighted by Crippen LogP contribution is -2.14. The second-order valence-corrected chi connectivity index (χ2v) is 4.51. The Bertz CT molecular complexity index is 253. The van der Waals surface area contributed by atoms with Gasteiger partial charge in [0.2, 0.25) is 0 Å². The van der Waals surface area contributed by atoms with E-state index in [9.17, 15) is 4.79 Å². The molecule has 0 spiro atoms. The summed E-state index contributed by atoms with van der Waals surface area (Å²) >= 11 is 0. The number of nitrogens with zero attached hydrogens (tertiary/aromatic N) is 1. The fraction of sp³-hybridized carbons (Fsp3) is 0.818. The van der Waals surface area contributed by atoms with Gasteiger partial charge in [-0.25, -0.2) is 0 Å². The van der Waals surface area contributed by atoms with E-state index in [2.05, 4.69) is 0 Å². The fourth-order valence-electron chi connectivity index (χ4n) is 3.08. The first-order chi connectivity index (χ1) is 6.29. The summed E-state index contributed by atoms with van der Waals surface area (Å²) in [6, 6.07) is 1.94. The Morgan fingerprint density at radius 2 is 2.23 bits per heavy atom. The molecule has 2 saturated carbocycles. The Hall–Kier alpha value is -0.840. The zero-order valence-electron chi connectivity index (χ0n) is 7.83. The zero-order valence-corrected chi connectivity index (χ0v) is 7.83. The maximum Gasteiger partial charge on any atom is 0.147 e. The van der Waals surface area contributed by atoms with Gasteiger partial charge in [0.05, 0.1) is 12.5 Å². The van der Waals surface area contributed by atoms with E-state index in [1.807, 2.05) is 6.07 Å². The minimum absolute atomic E-state index is 0.119. The third-order valence-electron chi connectivity index (χ3n) is 3.65. The molecule has 0 radical (unpaired) electrons. The van der Waals surface area contributed by atoms with Crippen LogP contribution in [0.4, 0.5) is 0 Å². The summed E-state index contributed by atoms with van der Waals surface area (Å²) in [5.41, 5.74) is 0. The maximum absolute atomic E-state index is 11.3. The number of rotatable bonds is 3. The van der Waals surface area contributed by atoms with Crippen molar-refractivity contribution in [2.24, 2.45) is 17.8 Å². The Kier molecular flexibility index (Phi) is 2.35. The minimum Gasteiger partial charge on any atom is -0.299 e. The van der Waals surface area contributed by atoms with Gasteiger partial charge in [0.1, 0.15) is 5.78 Å². The molecule has 0 N–H and O–H groups in total. The molecular weight excluding hydrogens is 162 g/mol. The van der Waals surface area contributed by atoms with Crippen LogP contribution in [0.25, 0.3) is 0 Å². The standard InChI is InChI=1S/C11H15NO/c12-4-3-11(13)7-10-6-8-1-2-9(10)5-8/h8-10H,1-3,5-7H2. The van der Waals surface area contributed by atoms with Crippen molar-refractivity contribution in [1.82, 2.24) is 0 Å². The highest BCUT2D eigenvalue weighted by molar-refractivity contribution is 5.80. The molecule has 3 atom stereocenters. The van der Waals surface area contributed by atoms with Crippen molar-refractivity contribution in [3.8, 4) is 6.07 Å². The van der Waals surface area contributed by atoms with Crippen LogP contribution >= 0.6 is 0 Å². The zero-order chi connectivity index (χ0) is 9.26. The van der Waals surface area contributed by atoms with Crippen LogP contribution in [0, 0.1) is 29.1 Å². The van der Waals surface area contributed by atoms with E-state index in [4.69, 9.17) is 5.26 Å². The molecule has 0 aromatic carbocycles. The van der Waals surface area contributed by atoms with Crippen LogP contribution in [0.2, 0.25) is 0 Å². The first-order valence-electron chi connectivity index (χ1n) is 5.18. The highest BCUT2D eigenvalue weighted by Gasteiger charge is 2.39. The van der Waals surface area contributed by atoms with Crippen molar-refractivity contribution in [3.05, 3.63) is 0 Å². The van der Waals surface area contributed by atoms with Gasteiger partial charge in [-0.15, -0.1) is 0 Å². The largest absolute Gasteiger partial charge is 0.299 e. The lowest BCUT2D eigenvalue weighted by molar-refractivity contribution is -0.119. The Balaban J connectivity index is 1.84. The average Bonchev–Trinajstić information content (AvgIpc) is 2.65. The van der Waals surface area contributed by atoms with Gasteiger partial charge in [0, 0.05) is 6.42 Å². The first-order valence-corrected chi connectivity index (χ1v) is 5.18. The van der Waals surface area contributed by atoms with E-state index in [-0.39, 0.29) is 12.2 Å². The van der Waals surface area contributed by atoms with Crippen LogP contribution in [0.3, 0.4) is 0 Å². The molecule has 2 aliphatic rings. The number of hydrogen-bond acceptors (Lipinski definition) is 2. The smallest absolute Gasteiger partial charge is 0.147 e. The van der Waals surface area contributed by atoms with Gasteiger partial charge in [0.25, 0.3) is 0 Å². The quantitative estimate of drug-likeness (QED) is 0.663. The highest BCUT2D eigenvalue weighted by atomic mass is 16.1. The van der Waals surface area contributed by atoms with Crippen LogP contribution in [-0.4, -0.2) is 5.78 Å². The molecular formula is C11H15NO. The van der Waals surface area contributed by atoms with Crippen LogP contribution in [0.15, 0.2) is 0 Å². The van der Waals surface area contributed by atoms with Gasteiger partial charge in [-0.3, -0.25) is 4.79 Å². The maximum atomic E-state index is 11.3. The van der Waals surface area contributed by atoms with Crippen molar-refractivity contribution >= 4 is 5.78 Å². The van der Waals surface area contributed by atoms with Gasteiger partial charge >= 0.3 is 0 Å². The number of hydrogen-bond donors (Lipinski definition) is 0. The summed E-state index contributed by atoms with van der Waals surface area (Å²) in [6.07, 6.45) is 6.11. The molecule has 13 heavy (non-hydrogen) atoms. The Morgan fingerprint density at radius 1 is 1.38 bits per heavy atom. The summed E-state index contributed by atoms with van der Waals surface area (Å²) in [7, 11) is 0. The van der Waals surface area contributed by atoms with Crippen LogP contribution in [-0.2, 0) is 4.79 Å². The summed E-state index contributed by atoms with van der Waals surface area (Å²) in [5, 5.41) is 8.37. The third-order valence-corrected chi connectivity index (χ3v) is 3.65. The first kappa shape index (κ1) is 8.74. The molecule has 70 valence electrons. The van der Waals surface area contributed by atoms with Crippen LogP contribution in [0.1, 0.15) is 38.5 Å². The predicted molar refractivity (Wildman–Crippen MR) is 48.8 cm³/mol. The van der Waals surface area contributed by atoms with Gasteiger partial charge in [-0.2, -0.15) is 5.26 Å². The molecule has 0 saturated heterocycles. The second-order valence-electron chi connectivity index (χ2n) is 4.51. The lowest BCUT2D eigenvalue weighted by Gasteiger charge is -2.20. The molecule has 2 bridgehead atoms. The summed E-state index contributed by atoms with van der Waals surface area (Å²) in [4.78, 5) is 11.3. The van der Waals surface area contributed by atoms with Crippen molar-refractivity contribution in [1.29, 1.82) is 5.26 Å². The molecule has 2 rings (SSSR count). The Labute approximate surface area is 78.9 Å². The van der Waals surface area contributed by atoms with E-state index in [0.717, 1.165) is 11.8 Å². The van der Waals surface area contributed by atoms with E-state index >= 15 is 0 Å². The highest BCUT2D eigenvalue weighted by Crippen LogP contribution is 2.49. The van der Waals surface area contributed by atoms with Gasteiger partial charge in [-0.1, -0.05) is 6.42 Å². The number of Topliss-reactive ketones (excluding diaryl/α,β-unsaturated/α-hetero) is 1. The number of ketones is 1. The summed E-state index contributed by atoms with van der Waals surface area (Å²) < 4.78 is 0. The molecule has 0 heterocycles. The molecule has 0 aromatic heterocycles. The molecule has 3 unspecified atom stereocenters. The van der Waals surface area contributed by atoms with Gasteiger partial charge in [0.15, 0.2) is 0 Å². The number of carbonyl (C=O) groups excluding carboxylic acids is 1. The van der Waals surface area contributed by atoms with Crippen molar-refractivity contribution in [2.75, 3.05) is 0 Å². The van der Waals surface area contributed by atoms with E-state index in [1.54, 1.807) is 0 Å². The number of carbonyl (C=O) groups is 1. The SMILES string of the molecule is N#CCC(=O)CC1CC2CCC1C2. The van der Waals surface area contributed by atoms with E-state index in [0.29, 0.717) is 12.3 Å². The molecule has 0 aromatic rings. The average molecular weight is 177 g/mol. The van der Waals surface area contributed by atoms with Gasteiger partial charge < -0.3 is 0 Å². The third kappa shape index (κ3) is 1.75. The van der Waals surface area contributed by atoms with Crippen molar-refractivity contribution in [2.45, 2.75) is 38.5 Å². The molecule has 2 heteroatoms. The molecule has 2 fully saturated rings. The van der Waals surface area contributed by atoms with Crippen molar-refractivity contribution in [3.63, 3.8) is 0 Å². The number of nitriles is 1. The van der Waals surface area contributed by atoms with E-state index in [1.165, 1.54) is 25.7 Å². The monoisotopic (exact) mass is 177 g/mol. The fourth-order valence-corrected chi connectivity index (χ4v) is 3.08. The summed E-state index contributed by atoms with van der Waals surface area (Å²) in [6.45, 7) is 0. The minimum atomic E-state index is 0.119. The topological polar surface area (TPSA) is 40.9 Å². The lowest BCUT2D eigenvalue weighted by atomic mass is 9.85. The second kappa shape index (κ2) is 3.49. The summed E-state index contributed by atoms with van der Waals surface area (Å²) in [5.74, 6) is 2.50. The number of fused-ring (bicyclic) bond motifs is 2. The normalized spacial score (nSPS) is 36.1. The molecule has 2 nitrogen and oxygen atoms in total. The molecule has 0 amide bonds. The van der Waals surface area contributed by atoms with Crippen molar-refractivity contribution < 1.29 is 4.79 Å². The van der Waals surface area contributed by atoms with E-state index < -0.39 is 0 Å². The molecule has 2 aliphatic carbocycles. The van der Waals surface area contributed by atoms with Crippen LogP contribution in [0.5, 0.6) is 0 Å². The Morgan fingerprint density at radius 3 is 2.77 bits per heavy atom. The predicted octanol–water partition coefficient (Wildman–Crippen LogP) is 2.30. The molecule has 0 aliphatic heterocycles.